The number of rotatable bonds is 3. The normalized spacial score (nSPS) is 9.57. The number of nitrogens with one attached hydrogen (secondary N) is 2. The fraction of sp³-hybridized carbons (Fsp3) is 0.0588. The van der Waals surface area contributed by atoms with E-state index in [0.29, 0.717) is 22.5 Å². The van der Waals surface area contributed by atoms with E-state index in [2.05, 4.69) is 10.6 Å². The van der Waals surface area contributed by atoms with Crippen LogP contribution in [0.25, 0.3) is 0 Å². The molecular weight excluding hydrogens is 294 g/mol. The van der Waals surface area contributed by atoms with E-state index in [-0.39, 0.29) is 5.78 Å². The fourth-order valence-electron chi connectivity index (χ4n) is 1.82. The molecular formula is C17H13N3O3. The van der Waals surface area contributed by atoms with Crippen LogP contribution in [-0.4, -0.2) is 17.6 Å². The molecule has 0 aliphatic rings. The second-order valence-electron chi connectivity index (χ2n) is 4.73. The van der Waals surface area contributed by atoms with Crippen molar-refractivity contribution in [2.45, 2.75) is 6.92 Å². The van der Waals surface area contributed by atoms with Crippen LogP contribution in [0.1, 0.15) is 22.8 Å². The summed E-state index contributed by atoms with van der Waals surface area (Å²) in [6, 6.07) is 14.4. The average Bonchev–Trinajstić information content (AvgIpc) is 2.55. The van der Waals surface area contributed by atoms with E-state index >= 15 is 0 Å². The van der Waals surface area contributed by atoms with Gasteiger partial charge in [0.25, 0.3) is 0 Å². The Balaban J connectivity index is 2.02. The molecule has 0 fully saturated rings. The summed E-state index contributed by atoms with van der Waals surface area (Å²) in [5, 5.41) is 13.5. The highest BCUT2D eigenvalue weighted by atomic mass is 16.2. The number of hydrogen-bond acceptors (Lipinski definition) is 4. The third-order valence-electron chi connectivity index (χ3n) is 3.01. The van der Waals surface area contributed by atoms with Crippen molar-refractivity contribution in [1.29, 1.82) is 5.26 Å². The molecule has 2 N–H and O–H groups in total. The summed E-state index contributed by atoms with van der Waals surface area (Å²) >= 11 is 0. The minimum Gasteiger partial charge on any atom is -0.318 e. The third kappa shape index (κ3) is 4.25. The summed E-state index contributed by atoms with van der Waals surface area (Å²) in [6.45, 7) is 1.42. The van der Waals surface area contributed by atoms with Crippen LogP contribution in [0.15, 0.2) is 48.5 Å². The highest BCUT2D eigenvalue weighted by molar-refractivity contribution is 6.43. The second kappa shape index (κ2) is 7.00. The highest BCUT2D eigenvalue weighted by Crippen LogP contribution is 2.12. The van der Waals surface area contributed by atoms with Gasteiger partial charge in [0, 0.05) is 16.9 Å². The first kappa shape index (κ1) is 15.9. The minimum absolute atomic E-state index is 0.136. The lowest BCUT2D eigenvalue weighted by Gasteiger charge is -2.07. The lowest BCUT2D eigenvalue weighted by molar-refractivity contribution is -0.132. The zero-order chi connectivity index (χ0) is 16.8. The van der Waals surface area contributed by atoms with Gasteiger partial charge in [-0.1, -0.05) is 12.1 Å². The fourth-order valence-corrected chi connectivity index (χ4v) is 1.82. The van der Waals surface area contributed by atoms with Crippen LogP contribution in [0.4, 0.5) is 11.4 Å². The maximum atomic E-state index is 11.9. The van der Waals surface area contributed by atoms with E-state index in [9.17, 15) is 14.4 Å². The van der Waals surface area contributed by atoms with Gasteiger partial charge in [-0.25, -0.2) is 0 Å². The topological polar surface area (TPSA) is 99.1 Å². The van der Waals surface area contributed by atoms with Crippen LogP contribution in [0.2, 0.25) is 0 Å². The molecule has 6 nitrogen and oxygen atoms in total. The highest BCUT2D eigenvalue weighted by Gasteiger charge is 2.14. The number of carbonyl (C=O) groups excluding carboxylic acids is 3. The number of hydrogen-bond donors (Lipinski definition) is 2. The maximum Gasteiger partial charge on any atom is 0.314 e. The summed E-state index contributed by atoms with van der Waals surface area (Å²) in [5.74, 6) is -1.83. The molecule has 6 heteroatoms. The zero-order valence-corrected chi connectivity index (χ0v) is 12.3. The summed E-state index contributed by atoms with van der Waals surface area (Å²) in [6.07, 6.45) is 0. The molecule has 0 spiro atoms. The van der Waals surface area contributed by atoms with Gasteiger partial charge in [-0.3, -0.25) is 14.4 Å². The number of nitriles is 1. The number of amides is 2. The van der Waals surface area contributed by atoms with Gasteiger partial charge in [-0.15, -0.1) is 0 Å². The molecule has 0 atom stereocenters. The molecule has 114 valence electrons. The van der Waals surface area contributed by atoms with E-state index in [0.717, 1.165) is 0 Å². The van der Waals surface area contributed by atoms with Gasteiger partial charge < -0.3 is 10.6 Å². The van der Waals surface area contributed by atoms with Gasteiger partial charge in [0.15, 0.2) is 5.78 Å². The zero-order valence-electron chi connectivity index (χ0n) is 12.3. The van der Waals surface area contributed by atoms with Gasteiger partial charge in [0.1, 0.15) is 0 Å². The first-order valence-corrected chi connectivity index (χ1v) is 6.73. The Kier molecular flexibility index (Phi) is 4.85. The van der Waals surface area contributed by atoms with E-state index in [4.69, 9.17) is 5.26 Å². The molecule has 2 aromatic carbocycles. The standard InChI is InChI=1S/C17H13N3O3/c1-11(21)13-3-2-4-15(9-13)20-17(23)16(22)19-14-7-5-12(10-18)6-8-14/h2-9H,1H3,(H,19,22)(H,20,23). The van der Waals surface area contributed by atoms with Crippen molar-refractivity contribution in [3.05, 3.63) is 59.7 Å². The van der Waals surface area contributed by atoms with Crippen molar-refractivity contribution in [2.75, 3.05) is 10.6 Å². The number of benzene rings is 2. The maximum absolute atomic E-state index is 11.9. The van der Waals surface area contributed by atoms with Crippen molar-refractivity contribution < 1.29 is 14.4 Å². The van der Waals surface area contributed by atoms with Gasteiger partial charge >= 0.3 is 11.8 Å². The van der Waals surface area contributed by atoms with Crippen LogP contribution >= 0.6 is 0 Å². The number of ketones is 1. The summed E-state index contributed by atoms with van der Waals surface area (Å²) in [4.78, 5) is 35.0. The summed E-state index contributed by atoms with van der Waals surface area (Å²) < 4.78 is 0. The quantitative estimate of drug-likeness (QED) is 0.671. The van der Waals surface area contributed by atoms with Gasteiger partial charge in [0.05, 0.1) is 11.6 Å². The van der Waals surface area contributed by atoms with Crippen molar-refractivity contribution in [2.24, 2.45) is 0 Å². The lowest BCUT2D eigenvalue weighted by Crippen LogP contribution is -2.29. The molecule has 0 aliphatic carbocycles. The minimum atomic E-state index is -0.852. The predicted molar refractivity (Wildman–Crippen MR) is 84.9 cm³/mol. The molecule has 0 heterocycles. The van der Waals surface area contributed by atoms with Crippen molar-refractivity contribution in [3.63, 3.8) is 0 Å². The molecule has 0 aromatic heterocycles. The number of Topliss-reactive ketones (excluding diaryl/α,β-unsaturated/α-hetero) is 1. The second-order valence-corrected chi connectivity index (χ2v) is 4.73. The molecule has 0 unspecified atom stereocenters. The van der Waals surface area contributed by atoms with Gasteiger partial charge in [-0.2, -0.15) is 5.26 Å². The Morgan fingerprint density at radius 3 is 2.09 bits per heavy atom. The Morgan fingerprint density at radius 1 is 0.913 bits per heavy atom. The molecule has 2 aromatic rings. The molecule has 2 amide bonds. The summed E-state index contributed by atoms with van der Waals surface area (Å²) in [7, 11) is 0. The first-order valence-electron chi connectivity index (χ1n) is 6.73. The van der Waals surface area contributed by atoms with Crippen LogP contribution < -0.4 is 10.6 Å². The molecule has 0 saturated carbocycles. The SMILES string of the molecule is CC(=O)c1cccc(NC(=O)C(=O)Nc2ccc(C#N)cc2)c1. The van der Waals surface area contributed by atoms with Gasteiger partial charge in [-0.05, 0) is 43.3 Å². The molecule has 0 bridgehead atoms. The summed E-state index contributed by atoms with van der Waals surface area (Å²) in [5.41, 5.74) is 1.66. The number of anilines is 2. The van der Waals surface area contributed by atoms with E-state index in [1.807, 2.05) is 6.07 Å². The number of nitrogens with zero attached hydrogens (tertiary/aromatic N) is 1. The smallest absolute Gasteiger partial charge is 0.314 e. The third-order valence-corrected chi connectivity index (χ3v) is 3.01. The van der Waals surface area contributed by atoms with Gasteiger partial charge in [0.2, 0.25) is 0 Å². The lowest BCUT2D eigenvalue weighted by atomic mass is 10.1. The Labute approximate surface area is 132 Å². The van der Waals surface area contributed by atoms with Crippen molar-refractivity contribution in [3.8, 4) is 6.07 Å². The molecule has 2 rings (SSSR count). The van der Waals surface area contributed by atoms with Crippen molar-refractivity contribution >= 4 is 29.0 Å². The van der Waals surface area contributed by atoms with E-state index in [1.165, 1.54) is 37.3 Å². The Hall–Kier alpha value is -3.46. The molecule has 0 radical (unpaired) electrons. The van der Waals surface area contributed by atoms with Crippen LogP contribution in [0.5, 0.6) is 0 Å². The largest absolute Gasteiger partial charge is 0.318 e. The predicted octanol–water partition coefficient (Wildman–Crippen LogP) is 2.34. The number of carbonyl (C=O) groups is 3. The monoisotopic (exact) mass is 307 g/mol. The molecule has 0 aliphatic heterocycles. The first-order chi connectivity index (χ1) is 11.0. The average molecular weight is 307 g/mol. The van der Waals surface area contributed by atoms with Crippen molar-refractivity contribution in [1.82, 2.24) is 0 Å². The Morgan fingerprint density at radius 2 is 1.52 bits per heavy atom. The van der Waals surface area contributed by atoms with Crippen LogP contribution in [0.3, 0.4) is 0 Å². The van der Waals surface area contributed by atoms with E-state index in [1.54, 1.807) is 18.2 Å². The van der Waals surface area contributed by atoms with Crippen LogP contribution in [0, 0.1) is 11.3 Å². The molecule has 0 saturated heterocycles. The molecule has 23 heavy (non-hydrogen) atoms. The van der Waals surface area contributed by atoms with E-state index < -0.39 is 11.8 Å². The Bertz CT molecular complexity index is 805. The van der Waals surface area contributed by atoms with Crippen LogP contribution in [-0.2, 0) is 9.59 Å².